The zero-order valence-corrected chi connectivity index (χ0v) is 32.0. The number of aryl methyl sites for hydroxylation is 2. The molecule has 2 aromatic heterocycles. The largest absolute Gasteiger partial charge is 0.471 e. The molecule has 4 aliphatic rings. The molecule has 4 amide bonds. The van der Waals surface area contributed by atoms with Crippen molar-refractivity contribution in [3.8, 4) is 5.88 Å². The van der Waals surface area contributed by atoms with E-state index in [1.807, 2.05) is 26.0 Å². The minimum absolute atomic E-state index is 0.0161. The number of rotatable bonds is 8. The molecule has 0 unspecified atom stereocenters. The average Bonchev–Trinajstić information content (AvgIpc) is 3.94. The van der Waals surface area contributed by atoms with Gasteiger partial charge in [0.1, 0.15) is 34.9 Å². The third-order valence-electron chi connectivity index (χ3n) is 10.9. The maximum Gasteiger partial charge on any atom is 0.280 e. The summed E-state index contributed by atoms with van der Waals surface area (Å²) in [5.41, 5.74) is -0.711. The molecule has 3 aromatic rings. The fourth-order valence-corrected chi connectivity index (χ4v) is 9.15. The third kappa shape index (κ3) is 7.44. The molecule has 7 rings (SSSR count). The van der Waals surface area contributed by atoms with Gasteiger partial charge in [-0.2, -0.15) is 0 Å². The van der Waals surface area contributed by atoms with Crippen molar-refractivity contribution >= 4 is 56.0 Å². The van der Waals surface area contributed by atoms with Gasteiger partial charge in [0, 0.05) is 23.4 Å². The number of halogens is 1. The van der Waals surface area contributed by atoms with Crippen LogP contribution in [0.4, 0.5) is 4.39 Å². The molecule has 1 aromatic carbocycles. The van der Waals surface area contributed by atoms with Gasteiger partial charge in [-0.3, -0.25) is 23.9 Å². The molecule has 17 heteroatoms. The van der Waals surface area contributed by atoms with Crippen LogP contribution < -0.4 is 20.1 Å². The molecule has 3 N–H and O–H groups in total. The summed E-state index contributed by atoms with van der Waals surface area (Å²) in [4.78, 5) is 71.4. The lowest BCUT2D eigenvalue weighted by Crippen LogP contribution is -2.58. The number of hydrogen-bond donors (Lipinski definition) is 3. The van der Waals surface area contributed by atoms with Crippen LogP contribution in [0.15, 0.2) is 36.5 Å². The highest BCUT2D eigenvalue weighted by atomic mass is 32.2. The third-order valence-corrected chi connectivity index (χ3v) is 14.0. The normalized spacial score (nSPS) is 26.9. The van der Waals surface area contributed by atoms with Crippen LogP contribution in [0, 0.1) is 18.7 Å². The Morgan fingerprint density at radius 3 is 2.69 bits per heavy atom. The number of thiazole rings is 1. The molecule has 14 nitrogen and oxygen atoms in total. The van der Waals surface area contributed by atoms with E-state index in [0.29, 0.717) is 49.7 Å². The molecule has 2 saturated carbocycles. The first-order chi connectivity index (χ1) is 25.7. The number of carbonyl (C=O) groups is 4. The first-order valence-corrected chi connectivity index (χ1v) is 20.7. The van der Waals surface area contributed by atoms with Crippen molar-refractivity contribution in [2.75, 3.05) is 6.54 Å². The summed E-state index contributed by atoms with van der Waals surface area (Å²) in [7, 11) is -4.01. The van der Waals surface area contributed by atoms with Gasteiger partial charge < -0.3 is 20.3 Å². The van der Waals surface area contributed by atoms with Crippen LogP contribution in [0.3, 0.4) is 0 Å². The van der Waals surface area contributed by atoms with E-state index >= 15 is 0 Å². The van der Waals surface area contributed by atoms with E-state index in [9.17, 15) is 32.0 Å². The Bertz CT molecular complexity index is 2140. The van der Waals surface area contributed by atoms with Crippen LogP contribution in [0.5, 0.6) is 5.88 Å². The maximum atomic E-state index is 14.8. The molecule has 2 aliphatic heterocycles. The first kappa shape index (κ1) is 37.8. The number of para-hydroxylation sites is 1. The van der Waals surface area contributed by atoms with Crippen molar-refractivity contribution in [3.63, 3.8) is 0 Å². The fourth-order valence-electron chi connectivity index (χ4n) is 7.17. The second-order valence-corrected chi connectivity index (χ2v) is 18.4. The number of nitrogens with one attached hydrogen (secondary N) is 3. The second kappa shape index (κ2) is 14.6. The number of allylic oxidation sites excluding steroid dienone is 1. The summed E-state index contributed by atoms with van der Waals surface area (Å²) in [5.74, 6) is -3.49. The van der Waals surface area contributed by atoms with Gasteiger partial charge in [-0.1, -0.05) is 38.0 Å². The number of carbonyl (C=O) groups excluding carboxylic acids is 4. The van der Waals surface area contributed by atoms with Crippen LogP contribution in [-0.4, -0.2) is 86.9 Å². The number of fused-ring (bicyclic) bond motifs is 3. The van der Waals surface area contributed by atoms with Crippen LogP contribution >= 0.6 is 11.3 Å². The molecule has 288 valence electrons. The highest BCUT2D eigenvalue weighted by Crippen LogP contribution is 2.47. The lowest BCUT2D eigenvalue weighted by Gasteiger charge is -2.30. The van der Waals surface area contributed by atoms with Crippen molar-refractivity contribution in [3.05, 3.63) is 57.9 Å². The van der Waals surface area contributed by atoms with Crippen LogP contribution in [-0.2, 0) is 30.8 Å². The lowest BCUT2D eigenvalue weighted by atomic mass is 10.0. The van der Waals surface area contributed by atoms with Crippen molar-refractivity contribution in [1.82, 2.24) is 35.2 Å². The van der Waals surface area contributed by atoms with Crippen LogP contribution in [0.25, 0.3) is 11.0 Å². The average molecular weight is 782 g/mol. The van der Waals surface area contributed by atoms with Crippen LogP contribution in [0.1, 0.15) is 92.0 Å². The Morgan fingerprint density at radius 2 is 1.96 bits per heavy atom. The highest BCUT2D eigenvalue weighted by Gasteiger charge is 2.63. The Kier molecular flexibility index (Phi) is 10.2. The summed E-state index contributed by atoms with van der Waals surface area (Å²) in [6.45, 7) is 5.16. The zero-order chi connectivity index (χ0) is 38.4. The number of amides is 4. The van der Waals surface area contributed by atoms with E-state index in [-0.39, 0.29) is 35.8 Å². The minimum Gasteiger partial charge on any atom is -0.471 e. The first-order valence-electron chi connectivity index (χ1n) is 18.4. The summed E-state index contributed by atoms with van der Waals surface area (Å²) in [6.07, 6.45) is 9.06. The van der Waals surface area contributed by atoms with E-state index in [1.54, 1.807) is 25.3 Å². The van der Waals surface area contributed by atoms with Gasteiger partial charge in [0.2, 0.25) is 27.7 Å². The minimum atomic E-state index is -4.01. The second-order valence-electron chi connectivity index (χ2n) is 14.9. The maximum absolute atomic E-state index is 14.8. The molecule has 1 saturated heterocycles. The van der Waals surface area contributed by atoms with Gasteiger partial charge in [0.15, 0.2) is 10.8 Å². The Morgan fingerprint density at radius 1 is 1.17 bits per heavy atom. The topological polar surface area (TPSA) is 190 Å². The molecular weight excluding hydrogens is 738 g/mol. The summed E-state index contributed by atoms with van der Waals surface area (Å²) in [5, 5.41) is 5.91. The molecule has 54 heavy (non-hydrogen) atoms. The van der Waals surface area contributed by atoms with E-state index in [4.69, 9.17) is 4.74 Å². The van der Waals surface area contributed by atoms with Crippen molar-refractivity contribution in [2.45, 2.75) is 113 Å². The lowest BCUT2D eigenvalue weighted by molar-refractivity contribution is -0.141. The quantitative estimate of drug-likeness (QED) is 0.285. The Balaban J connectivity index is 1.21. The predicted molar refractivity (Wildman–Crippen MR) is 197 cm³/mol. The number of benzene rings is 1. The smallest absolute Gasteiger partial charge is 0.280 e. The number of aromatic nitrogens is 3. The Hall–Kier alpha value is -4.51. The SMILES string of the molecule is CCc1nc2cccc(F)c2nc1O[C@@H]1C[C@H]2C(=O)N[C@]3(C(=O)NS(=O)(=O)C4(C)CC4)C[C@H]3C=CCCCCC[C@H](NC(=O)c3ncc(C)s3)C(=O)N2C1. The summed E-state index contributed by atoms with van der Waals surface area (Å²) >= 11 is 1.20. The number of sulfonamides is 1. The molecule has 5 atom stereocenters. The standard InChI is InChI=1S/C37H44FN7O7S2/c1-4-25-32(42-29-24(38)12-10-14-26(29)40-25)52-23-17-28-30(46)43-37(35(49)44-54(50,51)36(3)15-16-36)18-22(37)11-8-6-5-7-9-13-27(34(48)45(28)20-23)41-31(47)33-39-19-21(2)53-33/h8,10-12,14,19,22-23,27-28H,4-7,9,13,15-18,20H2,1-3H3,(H,41,47)(H,43,46)(H,44,49)/t22-,23-,27+,28+,37-/m1/s1. The molecular formula is C37H44FN7O7S2. The van der Waals surface area contributed by atoms with Crippen molar-refractivity contribution in [2.24, 2.45) is 5.92 Å². The number of hydrogen-bond acceptors (Lipinski definition) is 11. The molecule has 0 spiro atoms. The highest BCUT2D eigenvalue weighted by molar-refractivity contribution is 7.91. The van der Waals surface area contributed by atoms with E-state index in [1.165, 1.54) is 22.3 Å². The molecule has 2 aliphatic carbocycles. The van der Waals surface area contributed by atoms with Gasteiger partial charge in [-0.15, -0.1) is 11.3 Å². The van der Waals surface area contributed by atoms with Gasteiger partial charge in [-0.25, -0.2) is 27.8 Å². The Labute approximate surface area is 316 Å². The monoisotopic (exact) mass is 781 g/mol. The fraction of sp³-hybridized carbons (Fsp3) is 0.541. The molecule has 0 radical (unpaired) electrons. The molecule has 3 fully saturated rings. The van der Waals surface area contributed by atoms with Gasteiger partial charge in [0.25, 0.3) is 11.8 Å². The summed E-state index contributed by atoms with van der Waals surface area (Å²) in [6, 6.07) is 2.28. The van der Waals surface area contributed by atoms with E-state index in [0.717, 1.165) is 17.7 Å². The van der Waals surface area contributed by atoms with Crippen LogP contribution in [0.2, 0.25) is 0 Å². The van der Waals surface area contributed by atoms with E-state index < -0.39 is 73.9 Å². The van der Waals surface area contributed by atoms with Gasteiger partial charge in [-0.05, 0) is 70.9 Å². The number of nitrogens with zero attached hydrogens (tertiary/aromatic N) is 4. The van der Waals surface area contributed by atoms with E-state index in [2.05, 4.69) is 30.3 Å². The van der Waals surface area contributed by atoms with Crippen molar-refractivity contribution < 1.29 is 36.7 Å². The molecule has 4 heterocycles. The predicted octanol–water partition coefficient (Wildman–Crippen LogP) is 3.64. The van der Waals surface area contributed by atoms with Gasteiger partial charge >= 0.3 is 0 Å². The molecule has 0 bridgehead atoms. The van der Waals surface area contributed by atoms with Crippen molar-refractivity contribution in [1.29, 1.82) is 0 Å². The van der Waals surface area contributed by atoms with Gasteiger partial charge in [0.05, 0.1) is 16.8 Å². The summed E-state index contributed by atoms with van der Waals surface area (Å²) < 4.78 is 48.6. The zero-order valence-electron chi connectivity index (χ0n) is 30.4. The number of ether oxygens (including phenoxy) is 1.